The van der Waals surface area contributed by atoms with Crippen molar-refractivity contribution in [3.63, 3.8) is 0 Å². The van der Waals surface area contributed by atoms with E-state index < -0.39 is 29.5 Å². The van der Waals surface area contributed by atoms with Crippen LogP contribution in [0.4, 0.5) is 32.0 Å². The van der Waals surface area contributed by atoms with Gasteiger partial charge in [0.1, 0.15) is 0 Å². The van der Waals surface area contributed by atoms with Gasteiger partial charge in [0.2, 0.25) is 5.82 Å². The average Bonchev–Trinajstić information content (AvgIpc) is 3.03. The number of aromatic nitrogens is 2. The van der Waals surface area contributed by atoms with Gasteiger partial charge in [0, 0.05) is 36.7 Å². The number of hydrogen-bond acceptors (Lipinski definition) is 4. The third-order valence-electron chi connectivity index (χ3n) is 4.89. The number of nitrogens with one attached hydrogen (secondary N) is 1. The lowest BCUT2D eigenvalue weighted by Gasteiger charge is -2.14. The van der Waals surface area contributed by atoms with E-state index in [1.807, 2.05) is 6.92 Å². The molecule has 172 valence electrons. The van der Waals surface area contributed by atoms with E-state index in [0.717, 1.165) is 16.7 Å². The van der Waals surface area contributed by atoms with Crippen LogP contribution < -0.4 is 5.32 Å². The van der Waals surface area contributed by atoms with Gasteiger partial charge in [-0.05, 0) is 41.6 Å². The van der Waals surface area contributed by atoms with E-state index in [9.17, 15) is 31.1 Å². The van der Waals surface area contributed by atoms with Gasteiger partial charge in [-0.25, -0.2) is 4.98 Å². The molecule has 0 atom stereocenters. The van der Waals surface area contributed by atoms with Gasteiger partial charge >= 0.3 is 12.4 Å². The summed E-state index contributed by atoms with van der Waals surface area (Å²) in [7, 11) is 2.76. The first-order chi connectivity index (χ1) is 14.9. The van der Waals surface area contributed by atoms with Gasteiger partial charge < -0.3 is 9.88 Å². The summed E-state index contributed by atoms with van der Waals surface area (Å²) in [5.74, 6) is -1.07. The van der Waals surface area contributed by atoms with Crippen molar-refractivity contribution in [3.05, 3.63) is 52.8 Å². The number of fused-ring (bicyclic) bond motifs is 1. The van der Waals surface area contributed by atoms with Crippen LogP contribution in [0.2, 0.25) is 0 Å². The fourth-order valence-electron chi connectivity index (χ4n) is 3.39. The van der Waals surface area contributed by atoms with Crippen molar-refractivity contribution < 1.29 is 31.1 Å². The molecule has 11 heteroatoms. The van der Waals surface area contributed by atoms with E-state index in [0.29, 0.717) is 16.3 Å². The highest BCUT2D eigenvalue weighted by Crippen LogP contribution is 2.35. The molecule has 0 bridgehead atoms. The number of hydrogen-bond donors (Lipinski definition) is 1. The number of halogens is 6. The average molecular weight is 475 g/mol. The number of carbonyl (C=O) groups excluding carboxylic acids is 1. The highest BCUT2D eigenvalue weighted by Gasteiger charge is 2.37. The summed E-state index contributed by atoms with van der Waals surface area (Å²) in [5.41, 5.74) is -0.0828. The third kappa shape index (κ3) is 4.72. The third-order valence-corrected chi connectivity index (χ3v) is 5.83. The van der Waals surface area contributed by atoms with Gasteiger partial charge in [-0.15, -0.1) is 11.8 Å². The van der Waals surface area contributed by atoms with Crippen LogP contribution in [0.15, 0.2) is 35.2 Å². The van der Waals surface area contributed by atoms with Crippen molar-refractivity contribution in [2.24, 2.45) is 7.05 Å². The van der Waals surface area contributed by atoms with Gasteiger partial charge in [0.05, 0.1) is 16.6 Å². The Kier molecular flexibility index (Phi) is 6.50. The zero-order valence-corrected chi connectivity index (χ0v) is 18.1. The number of nitrogens with zero attached hydrogens (tertiary/aromatic N) is 2. The topological polar surface area (TPSA) is 46.9 Å². The van der Waals surface area contributed by atoms with Gasteiger partial charge in [0.15, 0.2) is 5.78 Å². The predicted molar refractivity (Wildman–Crippen MR) is 111 cm³/mol. The maximum Gasteiger partial charge on any atom is 0.449 e. The summed E-state index contributed by atoms with van der Waals surface area (Å²) < 4.78 is 80.0. The Morgan fingerprint density at radius 2 is 1.78 bits per heavy atom. The maximum absolute atomic E-state index is 13.2. The molecule has 32 heavy (non-hydrogen) atoms. The lowest BCUT2D eigenvalue weighted by atomic mass is 9.99. The normalized spacial score (nSPS) is 12.4. The molecule has 0 unspecified atom stereocenters. The van der Waals surface area contributed by atoms with E-state index in [1.54, 1.807) is 0 Å². The summed E-state index contributed by atoms with van der Waals surface area (Å²) in [6.45, 7) is 1.82. The molecule has 0 saturated carbocycles. The van der Waals surface area contributed by atoms with Crippen LogP contribution in [0, 0.1) is 0 Å². The predicted octanol–water partition coefficient (Wildman–Crippen LogP) is 6.19. The summed E-state index contributed by atoms with van der Waals surface area (Å²) in [6.07, 6.45) is -9.61. The number of imidazole rings is 1. The molecule has 0 spiro atoms. The van der Waals surface area contributed by atoms with E-state index in [2.05, 4.69) is 10.3 Å². The second-order valence-electron chi connectivity index (χ2n) is 6.98. The Morgan fingerprint density at radius 1 is 1.09 bits per heavy atom. The van der Waals surface area contributed by atoms with Crippen molar-refractivity contribution in [2.75, 3.05) is 18.1 Å². The standard InChI is InChI=1S/C21H19F6N3OS/c1-4-32-18-10-16-15(29-19(30(16)3)21(25,26)27)9-13(18)17(31)8-11-7-12(20(22,23)24)5-6-14(11)28-2/h5-7,9-10,28H,4,8H2,1-3H3. The molecule has 1 N–H and O–H groups in total. The summed E-state index contributed by atoms with van der Waals surface area (Å²) in [4.78, 5) is 17.2. The van der Waals surface area contributed by atoms with E-state index in [4.69, 9.17) is 0 Å². The van der Waals surface area contributed by atoms with Crippen LogP contribution in [0.5, 0.6) is 0 Å². The van der Waals surface area contributed by atoms with Crippen molar-refractivity contribution in [2.45, 2.75) is 30.6 Å². The summed E-state index contributed by atoms with van der Waals surface area (Å²) >= 11 is 1.26. The zero-order chi connectivity index (χ0) is 23.8. The number of aryl methyl sites for hydroxylation is 1. The van der Waals surface area contributed by atoms with Crippen LogP contribution in [-0.4, -0.2) is 28.1 Å². The quantitative estimate of drug-likeness (QED) is 0.262. The molecule has 0 aliphatic heterocycles. The molecule has 1 aromatic heterocycles. The largest absolute Gasteiger partial charge is 0.449 e. The monoisotopic (exact) mass is 475 g/mol. The van der Waals surface area contributed by atoms with Crippen LogP contribution in [-0.2, 0) is 25.8 Å². The molecule has 3 aromatic rings. The van der Waals surface area contributed by atoms with Crippen molar-refractivity contribution in [1.82, 2.24) is 9.55 Å². The van der Waals surface area contributed by atoms with Gasteiger partial charge in [-0.3, -0.25) is 4.79 Å². The molecule has 0 saturated heterocycles. The first-order valence-electron chi connectivity index (χ1n) is 9.48. The Bertz CT molecular complexity index is 1170. The van der Waals surface area contributed by atoms with Crippen LogP contribution in [0.1, 0.15) is 34.2 Å². The molecule has 0 aliphatic rings. The van der Waals surface area contributed by atoms with Gasteiger partial charge in [0.25, 0.3) is 0 Å². The number of ketones is 1. The smallest absolute Gasteiger partial charge is 0.388 e. The van der Waals surface area contributed by atoms with E-state index >= 15 is 0 Å². The second kappa shape index (κ2) is 8.68. The minimum atomic E-state index is -4.67. The molecular weight excluding hydrogens is 456 g/mol. The molecule has 1 heterocycles. The summed E-state index contributed by atoms with van der Waals surface area (Å²) in [5, 5.41) is 2.76. The van der Waals surface area contributed by atoms with E-state index in [1.165, 1.54) is 44.1 Å². The van der Waals surface area contributed by atoms with Crippen LogP contribution >= 0.6 is 11.8 Å². The molecular formula is C21H19F6N3OS. The molecule has 0 radical (unpaired) electrons. The number of benzene rings is 2. The SMILES string of the molecule is CCSc1cc2c(cc1C(=O)Cc1cc(C(F)(F)F)ccc1NC)nc(C(F)(F)F)n2C. The van der Waals surface area contributed by atoms with Crippen molar-refractivity contribution in [1.29, 1.82) is 0 Å². The second-order valence-corrected chi connectivity index (χ2v) is 8.29. The first-order valence-corrected chi connectivity index (χ1v) is 10.5. The Balaban J connectivity index is 2.09. The number of alkyl halides is 6. The zero-order valence-electron chi connectivity index (χ0n) is 17.3. The minimum absolute atomic E-state index is 0.0125. The lowest BCUT2D eigenvalue weighted by Crippen LogP contribution is -2.12. The Hall–Kier alpha value is -2.69. The molecule has 2 aromatic carbocycles. The number of Topliss-reactive ketones (excluding diaryl/α,β-unsaturated/α-hetero) is 1. The van der Waals surface area contributed by atoms with Crippen LogP contribution in [0.3, 0.4) is 0 Å². The molecule has 0 aliphatic carbocycles. The number of anilines is 1. The summed E-state index contributed by atoms with van der Waals surface area (Å²) in [6, 6.07) is 5.79. The van der Waals surface area contributed by atoms with Crippen molar-refractivity contribution in [3.8, 4) is 0 Å². The highest BCUT2D eigenvalue weighted by molar-refractivity contribution is 7.99. The fraction of sp³-hybridized carbons (Fsp3) is 0.333. The Morgan fingerprint density at radius 3 is 2.34 bits per heavy atom. The number of rotatable bonds is 6. The highest BCUT2D eigenvalue weighted by atomic mass is 32.2. The first kappa shape index (κ1) is 24.0. The number of carbonyl (C=O) groups is 1. The van der Waals surface area contributed by atoms with Gasteiger partial charge in [-0.1, -0.05) is 6.92 Å². The molecule has 4 nitrogen and oxygen atoms in total. The molecule has 0 amide bonds. The van der Waals surface area contributed by atoms with Gasteiger partial charge in [-0.2, -0.15) is 26.3 Å². The lowest BCUT2D eigenvalue weighted by molar-refractivity contribution is -0.146. The molecule has 0 fully saturated rings. The van der Waals surface area contributed by atoms with E-state index in [-0.39, 0.29) is 28.6 Å². The minimum Gasteiger partial charge on any atom is -0.388 e. The van der Waals surface area contributed by atoms with Crippen molar-refractivity contribution >= 4 is 34.3 Å². The maximum atomic E-state index is 13.2. The van der Waals surface area contributed by atoms with Crippen LogP contribution in [0.25, 0.3) is 11.0 Å². The Labute approximate surface area is 184 Å². The number of thioether (sulfide) groups is 1. The molecule has 3 rings (SSSR count). The fourth-order valence-corrected chi connectivity index (χ4v) is 4.23.